The number of rotatable bonds is 5. The van der Waals surface area contributed by atoms with Crippen LogP contribution in [0, 0.1) is 12.3 Å². The van der Waals surface area contributed by atoms with E-state index in [1.54, 1.807) is 19.1 Å². The fraction of sp³-hybridized carbons (Fsp3) is 0.571. The molecule has 1 rings (SSSR count). The predicted molar refractivity (Wildman–Crippen MR) is 69.4 cm³/mol. The van der Waals surface area contributed by atoms with Gasteiger partial charge in [-0.1, -0.05) is 5.92 Å². The molecule has 110 valence electrons. The molecule has 0 aromatic rings. The van der Waals surface area contributed by atoms with Crippen molar-refractivity contribution in [2.45, 2.75) is 45.4 Å². The molecule has 6 heteroatoms. The summed E-state index contributed by atoms with van der Waals surface area (Å²) in [5.41, 5.74) is 0. The Hall–Kier alpha value is -1.84. The van der Waals surface area contributed by atoms with Gasteiger partial charge < -0.3 is 18.9 Å². The van der Waals surface area contributed by atoms with Crippen molar-refractivity contribution in [1.29, 1.82) is 0 Å². The molecule has 1 unspecified atom stereocenters. The van der Waals surface area contributed by atoms with Crippen LogP contribution in [0.25, 0.3) is 0 Å². The minimum Gasteiger partial charge on any atom is -0.463 e. The monoisotopic (exact) mass is 282 g/mol. The normalized spacial score (nSPS) is 26.4. The molecule has 0 spiro atoms. The zero-order chi connectivity index (χ0) is 15.1. The van der Waals surface area contributed by atoms with Crippen molar-refractivity contribution < 1.29 is 28.5 Å². The summed E-state index contributed by atoms with van der Waals surface area (Å²) in [5.74, 6) is 1.52. The fourth-order valence-electron chi connectivity index (χ4n) is 1.58. The summed E-state index contributed by atoms with van der Waals surface area (Å²) in [5, 5.41) is 0. The molecule has 4 atom stereocenters. The molecule has 20 heavy (non-hydrogen) atoms. The molecule has 1 aliphatic rings. The van der Waals surface area contributed by atoms with Gasteiger partial charge in [0, 0.05) is 13.8 Å². The van der Waals surface area contributed by atoms with E-state index in [-0.39, 0.29) is 6.61 Å². The molecular formula is C14H18O6. The number of terminal acetylenes is 1. The number of carbonyl (C=O) groups excluding carboxylic acids is 2. The molecule has 0 radical (unpaired) electrons. The SMILES string of the molecule is C#CC(C)O[C@@H]1C=C[C@H](OC(C)=O)[C@@H](COC(C)=O)O1. The van der Waals surface area contributed by atoms with Gasteiger partial charge in [0.05, 0.1) is 0 Å². The van der Waals surface area contributed by atoms with Crippen molar-refractivity contribution in [2.24, 2.45) is 0 Å². The maximum absolute atomic E-state index is 11.0. The van der Waals surface area contributed by atoms with Gasteiger partial charge in [0.15, 0.2) is 6.29 Å². The number of hydrogen-bond donors (Lipinski definition) is 0. The van der Waals surface area contributed by atoms with Crippen molar-refractivity contribution in [3.8, 4) is 12.3 Å². The Labute approximate surface area is 118 Å². The number of ether oxygens (including phenoxy) is 4. The van der Waals surface area contributed by atoms with E-state index in [9.17, 15) is 9.59 Å². The number of esters is 2. The van der Waals surface area contributed by atoms with Crippen molar-refractivity contribution in [3.63, 3.8) is 0 Å². The van der Waals surface area contributed by atoms with Crippen LogP contribution in [0.3, 0.4) is 0 Å². The van der Waals surface area contributed by atoms with Crippen molar-refractivity contribution in [1.82, 2.24) is 0 Å². The second-order valence-corrected chi connectivity index (χ2v) is 4.25. The van der Waals surface area contributed by atoms with Crippen LogP contribution in [0.4, 0.5) is 0 Å². The van der Waals surface area contributed by atoms with Crippen molar-refractivity contribution >= 4 is 11.9 Å². The molecule has 1 aliphatic heterocycles. The molecule has 0 saturated heterocycles. The first-order valence-electron chi connectivity index (χ1n) is 6.18. The average Bonchev–Trinajstić information content (AvgIpc) is 2.37. The summed E-state index contributed by atoms with van der Waals surface area (Å²) in [7, 11) is 0. The van der Waals surface area contributed by atoms with Gasteiger partial charge in [-0.15, -0.1) is 6.42 Å². The van der Waals surface area contributed by atoms with Crippen molar-refractivity contribution in [2.75, 3.05) is 6.61 Å². The first-order chi connectivity index (χ1) is 9.42. The zero-order valence-corrected chi connectivity index (χ0v) is 11.7. The van der Waals surface area contributed by atoms with Crippen LogP contribution >= 0.6 is 0 Å². The molecule has 0 aromatic carbocycles. The largest absolute Gasteiger partial charge is 0.463 e. The number of carbonyl (C=O) groups is 2. The van der Waals surface area contributed by atoms with Gasteiger partial charge in [0.2, 0.25) is 0 Å². The van der Waals surface area contributed by atoms with Crippen LogP contribution in [0.1, 0.15) is 20.8 Å². The van der Waals surface area contributed by atoms with E-state index in [0.717, 1.165) is 0 Å². The second-order valence-electron chi connectivity index (χ2n) is 4.25. The molecule has 0 aromatic heterocycles. The molecule has 0 N–H and O–H groups in total. The van der Waals surface area contributed by atoms with Gasteiger partial charge in [0.1, 0.15) is 24.9 Å². The fourth-order valence-corrected chi connectivity index (χ4v) is 1.58. The Bertz CT molecular complexity index is 422. The van der Waals surface area contributed by atoms with Crippen LogP contribution in [-0.4, -0.2) is 43.1 Å². The van der Waals surface area contributed by atoms with Crippen LogP contribution in [0.5, 0.6) is 0 Å². The standard InChI is InChI=1S/C14H18O6/c1-5-9(2)18-14-7-6-12(19-11(4)16)13(20-14)8-17-10(3)15/h1,6-7,9,12-14H,8H2,2-4H3/t9?,12-,13+,14-/m0/s1. The highest BCUT2D eigenvalue weighted by atomic mass is 16.7. The van der Waals surface area contributed by atoms with Gasteiger partial charge in [-0.2, -0.15) is 0 Å². The highest BCUT2D eigenvalue weighted by Gasteiger charge is 2.31. The summed E-state index contributed by atoms with van der Waals surface area (Å²) >= 11 is 0. The smallest absolute Gasteiger partial charge is 0.303 e. The Morgan fingerprint density at radius 2 is 2.05 bits per heavy atom. The molecule has 0 amide bonds. The van der Waals surface area contributed by atoms with Crippen LogP contribution in [-0.2, 0) is 28.5 Å². The predicted octanol–water partition coefficient (Wildman–Crippen LogP) is 0.801. The van der Waals surface area contributed by atoms with Crippen LogP contribution in [0.2, 0.25) is 0 Å². The molecule has 0 saturated carbocycles. The van der Waals surface area contributed by atoms with E-state index in [2.05, 4.69) is 5.92 Å². The van der Waals surface area contributed by atoms with Gasteiger partial charge in [-0.25, -0.2) is 0 Å². The molecule has 6 nitrogen and oxygen atoms in total. The minimum atomic E-state index is -0.673. The lowest BCUT2D eigenvalue weighted by Gasteiger charge is -2.31. The third kappa shape index (κ3) is 5.43. The molecular weight excluding hydrogens is 264 g/mol. The van der Waals surface area contributed by atoms with E-state index in [4.69, 9.17) is 25.4 Å². The summed E-state index contributed by atoms with van der Waals surface area (Å²) < 4.78 is 20.9. The van der Waals surface area contributed by atoms with Crippen molar-refractivity contribution in [3.05, 3.63) is 12.2 Å². The van der Waals surface area contributed by atoms with E-state index in [1.165, 1.54) is 13.8 Å². The Morgan fingerprint density at radius 1 is 1.35 bits per heavy atom. The second kappa shape index (κ2) is 7.68. The quantitative estimate of drug-likeness (QED) is 0.422. The highest BCUT2D eigenvalue weighted by molar-refractivity contribution is 5.66. The maximum atomic E-state index is 11.0. The third-order valence-electron chi connectivity index (χ3n) is 2.46. The summed E-state index contributed by atoms with van der Waals surface area (Å²) in [6.07, 6.45) is 6.09. The summed E-state index contributed by atoms with van der Waals surface area (Å²) in [6.45, 7) is 4.24. The van der Waals surface area contributed by atoms with E-state index >= 15 is 0 Å². The molecule has 0 fully saturated rings. The van der Waals surface area contributed by atoms with Gasteiger partial charge in [-0.3, -0.25) is 9.59 Å². The van der Waals surface area contributed by atoms with E-state index in [1.807, 2.05) is 0 Å². The number of hydrogen-bond acceptors (Lipinski definition) is 6. The maximum Gasteiger partial charge on any atom is 0.303 e. The molecule has 0 aliphatic carbocycles. The van der Waals surface area contributed by atoms with Gasteiger partial charge in [-0.05, 0) is 19.1 Å². The van der Waals surface area contributed by atoms with E-state index < -0.39 is 36.5 Å². The lowest BCUT2D eigenvalue weighted by atomic mass is 10.1. The lowest BCUT2D eigenvalue weighted by molar-refractivity contribution is -0.202. The third-order valence-corrected chi connectivity index (χ3v) is 2.46. The Morgan fingerprint density at radius 3 is 2.60 bits per heavy atom. The first kappa shape index (κ1) is 16.2. The van der Waals surface area contributed by atoms with Gasteiger partial charge in [0.25, 0.3) is 0 Å². The van der Waals surface area contributed by atoms with E-state index in [0.29, 0.717) is 0 Å². The van der Waals surface area contributed by atoms with Crippen LogP contribution in [0.15, 0.2) is 12.2 Å². The highest BCUT2D eigenvalue weighted by Crippen LogP contribution is 2.18. The topological polar surface area (TPSA) is 71.1 Å². The van der Waals surface area contributed by atoms with Gasteiger partial charge >= 0.3 is 11.9 Å². The minimum absolute atomic E-state index is 0.0398. The zero-order valence-electron chi connectivity index (χ0n) is 11.7. The lowest BCUT2D eigenvalue weighted by Crippen LogP contribution is -2.42. The summed E-state index contributed by atoms with van der Waals surface area (Å²) in [6, 6.07) is 0. The molecule has 1 heterocycles. The van der Waals surface area contributed by atoms with Crippen LogP contribution < -0.4 is 0 Å². The average molecular weight is 282 g/mol. The first-order valence-corrected chi connectivity index (χ1v) is 6.18. The Kier molecular flexibility index (Phi) is 6.22. The molecule has 0 bridgehead atoms. The summed E-state index contributed by atoms with van der Waals surface area (Å²) in [4.78, 5) is 21.9. The Balaban J connectivity index is 2.68.